The predicted octanol–water partition coefficient (Wildman–Crippen LogP) is 1.95. The van der Waals surface area contributed by atoms with Crippen LogP contribution in [-0.2, 0) is 26.8 Å². The van der Waals surface area contributed by atoms with Crippen LogP contribution in [0.4, 0.5) is 13.2 Å². The lowest BCUT2D eigenvalue weighted by Gasteiger charge is -2.32. The summed E-state index contributed by atoms with van der Waals surface area (Å²) in [7, 11) is 3.46. The first-order valence-electron chi connectivity index (χ1n) is 7.51. The van der Waals surface area contributed by atoms with Gasteiger partial charge in [-0.1, -0.05) is 5.21 Å². The van der Waals surface area contributed by atoms with E-state index in [2.05, 4.69) is 20.2 Å². The Morgan fingerprint density at radius 3 is 2.70 bits per heavy atom. The molecule has 0 aliphatic carbocycles. The van der Waals surface area contributed by atoms with Gasteiger partial charge in [0.25, 0.3) is 0 Å². The summed E-state index contributed by atoms with van der Waals surface area (Å²) in [5.74, 6) is 0.510. The molecule has 2 aromatic rings. The quantitative estimate of drug-likeness (QED) is 0.864. The zero-order valence-corrected chi connectivity index (χ0v) is 13.1. The fourth-order valence-electron chi connectivity index (χ4n) is 3.09. The normalized spacial score (nSPS) is 20.1. The molecule has 0 radical (unpaired) electrons. The van der Waals surface area contributed by atoms with Crippen LogP contribution in [0.3, 0.4) is 0 Å². The average molecular weight is 328 g/mol. The van der Waals surface area contributed by atoms with Gasteiger partial charge in [0.2, 0.25) is 0 Å². The Balaban J connectivity index is 1.74. The molecule has 1 aliphatic heterocycles. The maximum Gasteiger partial charge on any atom is 0.434 e. The molecule has 0 amide bonds. The second kappa shape index (κ2) is 5.95. The third kappa shape index (κ3) is 3.39. The van der Waals surface area contributed by atoms with Crippen molar-refractivity contribution in [2.24, 2.45) is 14.1 Å². The van der Waals surface area contributed by atoms with E-state index in [4.69, 9.17) is 0 Å². The van der Waals surface area contributed by atoms with Crippen LogP contribution >= 0.6 is 0 Å². The third-order valence-corrected chi connectivity index (χ3v) is 4.27. The highest BCUT2D eigenvalue weighted by atomic mass is 19.4. The second-order valence-corrected chi connectivity index (χ2v) is 6.02. The number of aryl methyl sites for hydroxylation is 2. The number of alkyl halides is 3. The van der Waals surface area contributed by atoms with Gasteiger partial charge in [0.15, 0.2) is 5.69 Å². The van der Waals surface area contributed by atoms with E-state index in [1.54, 1.807) is 17.9 Å². The van der Waals surface area contributed by atoms with Crippen molar-refractivity contribution in [2.45, 2.75) is 31.5 Å². The molecule has 1 saturated heterocycles. The highest BCUT2D eigenvalue weighted by Crippen LogP contribution is 2.32. The molecule has 3 heterocycles. The SMILES string of the molecule is Cn1cc(C(F)(F)F)nc1C1CCCN(Cc2cnnn2C)C1. The molecule has 126 valence electrons. The summed E-state index contributed by atoms with van der Waals surface area (Å²) in [6, 6.07) is 0. The van der Waals surface area contributed by atoms with Gasteiger partial charge in [0, 0.05) is 39.3 Å². The molecular formula is C14H19F3N6. The number of aromatic nitrogens is 5. The first kappa shape index (κ1) is 16.0. The Hall–Kier alpha value is -1.90. The lowest BCUT2D eigenvalue weighted by atomic mass is 9.97. The van der Waals surface area contributed by atoms with Crippen LogP contribution < -0.4 is 0 Å². The number of hydrogen-bond donors (Lipinski definition) is 0. The highest BCUT2D eigenvalue weighted by molar-refractivity contribution is 5.12. The minimum atomic E-state index is -4.40. The molecule has 0 aromatic carbocycles. The standard InChI is InChI=1S/C14H19F3N6/c1-21-9-12(14(15,16)17)19-13(21)10-4-3-5-23(7-10)8-11-6-18-20-22(11)2/h6,9-10H,3-5,7-8H2,1-2H3. The average Bonchev–Trinajstić information content (AvgIpc) is 3.06. The topological polar surface area (TPSA) is 51.8 Å². The lowest BCUT2D eigenvalue weighted by molar-refractivity contribution is -0.141. The maximum absolute atomic E-state index is 12.8. The molecule has 6 nitrogen and oxygen atoms in total. The van der Waals surface area contributed by atoms with Crippen molar-refractivity contribution >= 4 is 0 Å². The van der Waals surface area contributed by atoms with Crippen LogP contribution in [0, 0.1) is 0 Å². The van der Waals surface area contributed by atoms with Crippen molar-refractivity contribution in [3.05, 3.63) is 29.6 Å². The molecule has 1 atom stereocenters. The van der Waals surface area contributed by atoms with Gasteiger partial charge in [-0.2, -0.15) is 13.2 Å². The Morgan fingerprint density at radius 2 is 2.09 bits per heavy atom. The van der Waals surface area contributed by atoms with E-state index in [1.165, 1.54) is 4.57 Å². The molecule has 0 spiro atoms. The molecule has 9 heteroatoms. The fourth-order valence-corrected chi connectivity index (χ4v) is 3.09. The molecule has 2 aromatic heterocycles. The van der Waals surface area contributed by atoms with E-state index in [1.807, 2.05) is 7.05 Å². The molecule has 3 rings (SSSR count). The fraction of sp³-hybridized carbons (Fsp3) is 0.643. The first-order valence-corrected chi connectivity index (χ1v) is 7.51. The molecule has 0 saturated carbocycles. The molecule has 1 aliphatic rings. The summed E-state index contributed by atoms with van der Waals surface area (Å²) < 4.78 is 41.7. The van der Waals surface area contributed by atoms with Crippen molar-refractivity contribution in [2.75, 3.05) is 13.1 Å². The Morgan fingerprint density at radius 1 is 1.30 bits per heavy atom. The number of nitrogens with zero attached hydrogens (tertiary/aromatic N) is 6. The minimum Gasteiger partial charge on any atom is -0.337 e. The van der Waals surface area contributed by atoms with Gasteiger partial charge in [-0.05, 0) is 19.4 Å². The smallest absolute Gasteiger partial charge is 0.337 e. The molecule has 0 N–H and O–H groups in total. The van der Waals surface area contributed by atoms with Gasteiger partial charge in [0.1, 0.15) is 5.82 Å². The van der Waals surface area contributed by atoms with Crippen molar-refractivity contribution in [1.82, 2.24) is 29.4 Å². The zero-order chi connectivity index (χ0) is 16.6. The summed E-state index contributed by atoms with van der Waals surface area (Å²) in [5, 5.41) is 7.76. The molecule has 1 fully saturated rings. The number of hydrogen-bond acceptors (Lipinski definition) is 4. The number of imidazole rings is 1. The molecular weight excluding hydrogens is 309 g/mol. The van der Waals surface area contributed by atoms with Crippen LogP contribution in [0.1, 0.15) is 36.0 Å². The van der Waals surface area contributed by atoms with Crippen molar-refractivity contribution in [3.63, 3.8) is 0 Å². The van der Waals surface area contributed by atoms with Crippen molar-refractivity contribution in [1.29, 1.82) is 0 Å². The Kier molecular flexibility index (Phi) is 4.13. The number of rotatable bonds is 3. The summed E-state index contributed by atoms with van der Waals surface area (Å²) in [5.41, 5.74) is 0.171. The number of piperidine rings is 1. The maximum atomic E-state index is 12.8. The van der Waals surface area contributed by atoms with Gasteiger partial charge in [-0.3, -0.25) is 9.58 Å². The minimum absolute atomic E-state index is 0.00559. The molecule has 23 heavy (non-hydrogen) atoms. The monoisotopic (exact) mass is 328 g/mol. The van der Waals surface area contributed by atoms with E-state index < -0.39 is 11.9 Å². The van der Waals surface area contributed by atoms with Crippen LogP contribution in [0.15, 0.2) is 12.4 Å². The predicted molar refractivity (Wildman–Crippen MR) is 76.5 cm³/mol. The van der Waals surface area contributed by atoms with Gasteiger partial charge < -0.3 is 4.57 Å². The Labute approximate surface area is 131 Å². The summed E-state index contributed by atoms with van der Waals surface area (Å²) in [6.45, 7) is 2.29. The van der Waals surface area contributed by atoms with Crippen LogP contribution in [0.25, 0.3) is 0 Å². The zero-order valence-electron chi connectivity index (χ0n) is 13.1. The number of halogens is 3. The van der Waals surface area contributed by atoms with Gasteiger partial charge in [0.05, 0.1) is 11.9 Å². The van der Waals surface area contributed by atoms with Gasteiger partial charge in [-0.25, -0.2) is 4.98 Å². The van der Waals surface area contributed by atoms with Crippen LogP contribution in [0.5, 0.6) is 0 Å². The van der Waals surface area contributed by atoms with Crippen LogP contribution in [0.2, 0.25) is 0 Å². The first-order chi connectivity index (χ1) is 10.8. The van der Waals surface area contributed by atoms with Crippen molar-refractivity contribution in [3.8, 4) is 0 Å². The van der Waals surface area contributed by atoms with Gasteiger partial charge in [-0.15, -0.1) is 5.10 Å². The highest BCUT2D eigenvalue weighted by Gasteiger charge is 2.36. The van der Waals surface area contributed by atoms with E-state index >= 15 is 0 Å². The Bertz CT molecular complexity index is 674. The van der Waals surface area contributed by atoms with E-state index in [-0.39, 0.29) is 5.92 Å². The van der Waals surface area contributed by atoms with Crippen LogP contribution in [-0.4, -0.2) is 42.5 Å². The van der Waals surface area contributed by atoms with E-state index in [9.17, 15) is 13.2 Å². The summed E-state index contributed by atoms with van der Waals surface area (Å²) in [4.78, 5) is 6.05. The van der Waals surface area contributed by atoms with E-state index in [0.29, 0.717) is 18.9 Å². The summed E-state index contributed by atoms with van der Waals surface area (Å²) in [6.07, 6.45) is 0.169. The number of likely N-dealkylation sites (tertiary alicyclic amines) is 1. The van der Waals surface area contributed by atoms with Crippen molar-refractivity contribution < 1.29 is 13.2 Å². The lowest BCUT2D eigenvalue weighted by Crippen LogP contribution is -2.35. The molecule has 0 bridgehead atoms. The summed E-state index contributed by atoms with van der Waals surface area (Å²) >= 11 is 0. The molecule has 1 unspecified atom stereocenters. The second-order valence-electron chi connectivity index (χ2n) is 6.02. The van der Waals surface area contributed by atoms with Gasteiger partial charge >= 0.3 is 6.18 Å². The third-order valence-electron chi connectivity index (χ3n) is 4.27. The largest absolute Gasteiger partial charge is 0.434 e. The van der Waals surface area contributed by atoms with E-state index in [0.717, 1.165) is 31.3 Å².